The van der Waals surface area contributed by atoms with Gasteiger partial charge >= 0.3 is 0 Å². The number of carbonyl (C=O) groups is 1. The molecule has 1 aliphatic rings. The number of amides is 1. The molecule has 0 spiro atoms. The van der Waals surface area contributed by atoms with E-state index in [1.807, 2.05) is 0 Å². The summed E-state index contributed by atoms with van der Waals surface area (Å²) >= 11 is 0. The predicted octanol–water partition coefficient (Wildman–Crippen LogP) is 2.55. The van der Waals surface area contributed by atoms with Gasteiger partial charge in [0.2, 0.25) is 0 Å². The highest BCUT2D eigenvalue weighted by Gasteiger charge is 2.16. The minimum Gasteiger partial charge on any atom is -0.504 e. The van der Waals surface area contributed by atoms with Crippen molar-refractivity contribution in [3.05, 3.63) is 23.8 Å². The summed E-state index contributed by atoms with van der Waals surface area (Å²) in [7, 11) is 0. The molecular weight excluding hydrogens is 230 g/mol. The zero-order valence-electron chi connectivity index (χ0n) is 10.4. The van der Waals surface area contributed by atoms with E-state index >= 15 is 0 Å². The van der Waals surface area contributed by atoms with Gasteiger partial charge < -0.3 is 15.5 Å². The number of hydrogen-bond acceptors (Lipinski definition) is 3. The monoisotopic (exact) mass is 249 g/mol. The van der Waals surface area contributed by atoms with E-state index in [1.165, 1.54) is 31.0 Å². The number of nitrogens with one attached hydrogen (secondary N) is 1. The topological polar surface area (TPSA) is 69.6 Å². The molecule has 0 atom stereocenters. The Morgan fingerprint density at radius 1 is 1.06 bits per heavy atom. The largest absolute Gasteiger partial charge is 0.504 e. The van der Waals surface area contributed by atoms with E-state index in [2.05, 4.69) is 5.32 Å². The number of rotatable bonds is 2. The second kappa shape index (κ2) is 5.76. The molecule has 1 aromatic rings. The first-order valence-corrected chi connectivity index (χ1v) is 6.49. The maximum absolute atomic E-state index is 12.0. The normalized spacial score (nSPS) is 17.1. The lowest BCUT2D eigenvalue weighted by Crippen LogP contribution is -2.34. The third-order valence-electron chi connectivity index (χ3n) is 3.43. The van der Waals surface area contributed by atoms with Crippen LogP contribution in [0.3, 0.4) is 0 Å². The molecule has 1 saturated carbocycles. The smallest absolute Gasteiger partial charge is 0.251 e. The Kier molecular flexibility index (Phi) is 4.07. The quantitative estimate of drug-likeness (QED) is 0.557. The van der Waals surface area contributed by atoms with E-state index in [0.29, 0.717) is 5.56 Å². The Balaban J connectivity index is 1.99. The maximum Gasteiger partial charge on any atom is 0.251 e. The van der Waals surface area contributed by atoms with Gasteiger partial charge in [0, 0.05) is 11.6 Å². The lowest BCUT2D eigenvalue weighted by atomic mass is 10.1. The molecule has 1 aliphatic carbocycles. The van der Waals surface area contributed by atoms with Gasteiger partial charge in [-0.05, 0) is 31.0 Å². The number of benzene rings is 1. The van der Waals surface area contributed by atoms with Crippen LogP contribution in [0.4, 0.5) is 0 Å². The van der Waals surface area contributed by atoms with E-state index in [9.17, 15) is 15.0 Å². The average molecular weight is 249 g/mol. The Bertz CT molecular complexity index is 423. The van der Waals surface area contributed by atoms with E-state index in [1.54, 1.807) is 0 Å². The fourth-order valence-corrected chi connectivity index (χ4v) is 2.36. The van der Waals surface area contributed by atoms with Crippen LogP contribution < -0.4 is 5.32 Å². The molecule has 18 heavy (non-hydrogen) atoms. The lowest BCUT2D eigenvalue weighted by molar-refractivity contribution is 0.0933. The molecule has 1 fully saturated rings. The molecule has 0 aromatic heterocycles. The molecule has 3 N–H and O–H groups in total. The highest BCUT2D eigenvalue weighted by molar-refractivity contribution is 5.95. The van der Waals surface area contributed by atoms with Crippen LogP contribution in [-0.4, -0.2) is 22.2 Å². The van der Waals surface area contributed by atoms with Crippen molar-refractivity contribution in [2.24, 2.45) is 0 Å². The van der Waals surface area contributed by atoms with Crippen LogP contribution in [0, 0.1) is 0 Å². The van der Waals surface area contributed by atoms with Gasteiger partial charge in [0.1, 0.15) is 0 Å². The summed E-state index contributed by atoms with van der Waals surface area (Å²) in [4.78, 5) is 12.0. The molecule has 98 valence electrons. The number of carbonyl (C=O) groups excluding carboxylic acids is 1. The standard InChI is InChI=1S/C14H19NO3/c16-12-8-7-10(9-13(12)17)14(18)15-11-5-3-1-2-4-6-11/h7-9,11,16-17H,1-6H2,(H,15,18). The molecule has 4 nitrogen and oxygen atoms in total. The highest BCUT2D eigenvalue weighted by atomic mass is 16.3. The van der Waals surface area contributed by atoms with Crippen molar-refractivity contribution in [3.63, 3.8) is 0 Å². The Labute approximate surface area is 107 Å². The van der Waals surface area contributed by atoms with Gasteiger partial charge in [-0.2, -0.15) is 0 Å². The number of phenolic OH excluding ortho intramolecular Hbond substituents is 2. The Morgan fingerprint density at radius 2 is 1.72 bits per heavy atom. The molecule has 1 amide bonds. The fraction of sp³-hybridized carbons (Fsp3) is 0.500. The Morgan fingerprint density at radius 3 is 2.33 bits per heavy atom. The molecule has 0 heterocycles. The van der Waals surface area contributed by atoms with Crippen molar-refractivity contribution in [2.75, 3.05) is 0 Å². The highest BCUT2D eigenvalue weighted by Crippen LogP contribution is 2.25. The summed E-state index contributed by atoms with van der Waals surface area (Å²) in [5, 5.41) is 21.6. The second-order valence-corrected chi connectivity index (χ2v) is 4.87. The van der Waals surface area contributed by atoms with Gasteiger partial charge in [-0.15, -0.1) is 0 Å². The van der Waals surface area contributed by atoms with Crippen LogP contribution in [0.5, 0.6) is 11.5 Å². The van der Waals surface area contributed by atoms with E-state index in [-0.39, 0.29) is 23.4 Å². The summed E-state index contributed by atoms with van der Waals surface area (Å²) in [5.74, 6) is -0.651. The first-order chi connectivity index (χ1) is 8.66. The van der Waals surface area contributed by atoms with Crippen LogP contribution in [0.2, 0.25) is 0 Å². The summed E-state index contributed by atoms with van der Waals surface area (Å²) in [6.07, 6.45) is 6.85. The molecule has 0 unspecified atom stereocenters. The number of hydrogen-bond donors (Lipinski definition) is 3. The molecule has 0 radical (unpaired) electrons. The minimum atomic E-state index is -0.261. The predicted molar refractivity (Wildman–Crippen MR) is 68.7 cm³/mol. The third kappa shape index (κ3) is 3.15. The molecule has 2 rings (SSSR count). The van der Waals surface area contributed by atoms with Crippen LogP contribution in [0.15, 0.2) is 18.2 Å². The Hall–Kier alpha value is -1.71. The number of phenols is 2. The van der Waals surface area contributed by atoms with Gasteiger partial charge in [0.05, 0.1) is 0 Å². The van der Waals surface area contributed by atoms with E-state index in [4.69, 9.17) is 0 Å². The van der Waals surface area contributed by atoms with Gasteiger partial charge in [-0.1, -0.05) is 25.7 Å². The maximum atomic E-state index is 12.0. The van der Waals surface area contributed by atoms with Gasteiger partial charge in [0.25, 0.3) is 5.91 Å². The summed E-state index contributed by atoms with van der Waals surface area (Å²) in [6, 6.07) is 4.37. The van der Waals surface area contributed by atoms with Gasteiger partial charge in [-0.3, -0.25) is 4.79 Å². The minimum absolute atomic E-state index is 0.183. The molecule has 4 heteroatoms. The second-order valence-electron chi connectivity index (χ2n) is 4.87. The van der Waals surface area contributed by atoms with Gasteiger partial charge in [0.15, 0.2) is 11.5 Å². The molecule has 0 bridgehead atoms. The van der Waals surface area contributed by atoms with Crippen molar-refractivity contribution >= 4 is 5.91 Å². The zero-order chi connectivity index (χ0) is 13.0. The van der Waals surface area contributed by atoms with Crippen molar-refractivity contribution in [3.8, 4) is 11.5 Å². The first-order valence-electron chi connectivity index (χ1n) is 6.49. The van der Waals surface area contributed by atoms with Gasteiger partial charge in [-0.25, -0.2) is 0 Å². The molecular formula is C14H19NO3. The van der Waals surface area contributed by atoms with E-state index < -0.39 is 0 Å². The van der Waals surface area contributed by atoms with Crippen molar-refractivity contribution in [1.82, 2.24) is 5.32 Å². The van der Waals surface area contributed by atoms with Crippen LogP contribution in [0.1, 0.15) is 48.9 Å². The lowest BCUT2D eigenvalue weighted by Gasteiger charge is -2.16. The van der Waals surface area contributed by atoms with Crippen LogP contribution in [0.25, 0.3) is 0 Å². The third-order valence-corrected chi connectivity index (χ3v) is 3.43. The molecule has 0 aliphatic heterocycles. The SMILES string of the molecule is O=C(NC1CCCCCC1)c1ccc(O)c(O)c1. The summed E-state index contributed by atoms with van der Waals surface area (Å²) < 4.78 is 0. The van der Waals surface area contributed by atoms with Crippen molar-refractivity contribution in [2.45, 2.75) is 44.6 Å². The number of aromatic hydroxyl groups is 2. The average Bonchev–Trinajstić information content (AvgIpc) is 2.61. The molecule has 0 saturated heterocycles. The fourth-order valence-electron chi connectivity index (χ4n) is 2.36. The van der Waals surface area contributed by atoms with Crippen molar-refractivity contribution in [1.29, 1.82) is 0 Å². The first kappa shape index (κ1) is 12.7. The molecule has 1 aromatic carbocycles. The van der Waals surface area contributed by atoms with Crippen LogP contribution >= 0.6 is 0 Å². The van der Waals surface area contributed by atoms with Crippen molar-refractivity contribution < 1.29 is 15.0 Å². The van der Waals surface area contributed by atoms with E-state index in [0.717, 1.165) is 25.7 Å². The van der Waals surface area contributed by atoms with Crippen LogP contribution in [-0.2, 0) is 0 Å². The summed E-state index contributed by atoms with van der Waals surface area (Å²) in [5.41, 5.74) is 0.384. The zero-order valence-corrected chi connectivity index (χ0v) is 10.4. The summed E-state index contributed by atoms with van der Waals surface area (Å²) in [6.45, 7) is 0.